The van der Waals surface area contributed by atoms with Gasteiger partial charge in [-0.25, -0.2) is 4.98 Å². The van der Waals surface area contributed by atoms with Crippen LogP contribution in [0.3, 0.4) is 0 Å². The van der Waals surface area contributed by atoms with E-state index in [9.17, 15) is 0 Å². The Morgan fingerprint density at radius 1 is 1.53 bits per heavy atom. The SMILES string of the molecule is CN1CCN(c2cccc(C#N)n2)C(CN)C1. The van der Waals surface area contributed by atoms with Gasteiger partial charge in [0.05, 0.1) is 6.04 Å². The van der Waals surface area contributed by atoms with Crippen molar-refractivity contribution in [2.75, 3.05) is 38.1 Å². The Bertz CT molecular complexity index is 425. The van der Waals surface area contributed by atoms with E-state index in [4.69, 9.17) is 11.0 Å². The molecular weight excluding hydrogens is 214 g/mol. The van der Waals surface area contributed by atoms with Crippen LogP contribution in [0.25, 0.3) is 0 Å². The van der Waals surface area contributed by atoms with Crippen molar-refractivity contribution in [3.05, 3.63) is 23.9 Å². The lowest BCUT2D eigenvalue weighted by Crippen LogP contribution is -2.55. The minimum Gasteiger partial charge on any atom is -0.350 e. The van der Waals surface area contributed by atoms with Crippen LogP contribution in [0.5, 0.6) is 0 Å². The number of aromatic nitrogens is 1. The van der Waals surface area contributed by atoms with Crippen LogP contribution in [-0.2, 0) is 0 Å². The van der Waals surface area contributed by atoms with Gasteiger partial charge in [0.25, 0.3) is 0 Å². The number of likely N-dealkylation sites (N-methyl/N-ethyl adjacent to an activating group) is 1. The second kappa shape index (κ2) is 5.13. The van der Waals surface area contributed by atoms with Crippen molar-refractivity contribution in [2.24, 2.45) is 5.73 Å². The lowest BCUT2D eigenvalue weighted by molar-refractivity contribution is 0.269. The summed E-state index contributed by atoms with van der Waals surface area (Å²) < 4.78 is 0. The highest BCUT2D eigenvalue weighted by Gasteiger charge is 2.25. The van der Waals surface area contributed by atoms with Gasteiger partial charge >= 0.3 is 0 Å². The molecule has 0 saturated carbocycles. The van der Waals surface area contributed by atoms with Gasteiger partial charge in [0.1, 0.15) is 17.6 Å². The summed E-state index contributed by atoms with van der Waals surface area (Å²) in [5, 5.41) is 8.86. The average Bonchev–Trinajstić information content (AvgIpc) is 2.38. The molecule has 1 aliphatic heterocycles. The summed E-state index contributed by atoms with van der Waals surface area (Å²) in [5.74, 6) is 0.854. The molecule has 0 radical (unpaired) electrons. The van der Waals surface area contributed by atoms with Gasteiger partial charge in [-0.15, -0.1) is 0 Å². The number of nitrogens with zero attached hydrogens (tertiary/aromatic N) is 4. The fourth-order valence-electron chi connectivity index (χ4n) is 2.16. The Morgan fingerprint density at radius 2 is 2.35 bits per heavy atom. The van der Waals surface area contributed by atoms with Crippen molar-refractivity contribution >= 4 is 5.82 Å². The van der Waals surface area contributed by atoms with Gasteiger partial charge in [-0.05, 0) is 19.2 Å². The van der Waals surface area contributed by atoms with Gasteiger partial charge in [0.2, 0.25) is 0 Å². The van der Waals surface area contributed by atoms with Gasteiger partial charge in [-0.3, -0.25) is 0 Å². The first-order valence-corrected chi connectivity index (χ1v) is 5.77. The second-order valence-electron chi connectivity index (χ2n) is 4.34. The number of nitriles is 1. The van der Waals surface area contributed by atoms with E-state index >= 15 is 0 Å². The normalized spacial score (nSPS) is 21.2. The molecule has 2 rings (SSSR count). The number of hydrogen-bond acceptors (Lipinski definition) is 5. The molecule has 0 amide bonds. The van der Waals surface area contributed by atoms with E-state index in [1.54, 1.807) is 6.07 Å². The van der Waals surface area contributed by atoms with E-state index in [0.29, 0.717) is 12.2 Å². The van der Waals surface area contributed by atoms with Crippen LogP contribution in [0.1, 0.15) is 5.69 Å². The fraction of sp³-hybridized carbons (Fsp3) is 0.500. The van der Waals surface area contributed by atoms with Crippen molar-refractivity contribution in [2.45, 2.75) is 6.04 Å². The topological polar surface area (TPSA) is 69.2 Å². The minimum absolute atomic E-state index is 0.273. The smallest absolute Gasteiger partial charge is 0.142 e. The van der Waals surface area contributed by atoms with Crippen LogP contribution in [0.15, 0.2) is 18.2 Å². The highest BCUT2D eigenvalue weighted by molar-refractivity contribution is 5.43. The molecular formula is C12H17N5. The van der Waals surface area contributed by atoms with Gasteiger partial charge in [-0.2, -0.15) is 5.26 Å². The van der Waals surface area contributed by atoms with Crippen LogP contribution in [0.4, 0.5) is 5.82 Å². The summed E-state index contributed by atoms with van der Waals surface area (Å²) in [6.07, 6.45) is 0. The summed E-state index contributed by atoms with van der Waals surface area (Å²) >= 11 is 0. The molecule has 1 unspecified atom stereocenters. The quantitative estimate of drug-likeness (QED) is 0.778. The predicted octanol–water partition coefficient (Wildman–Crippen LogP) is 0.0324. The van der Waals surface area contributed by atoms with E-state index in [0.717, 1.165) is 25.5 Å². The third-order valence-corrected chi connectivity index (χ3v) is 3.10. The first kappa shape index (κ1) is 11.8. The van der Waals surface area contributed by atoms with Crippen LogP contribution < -0.4 is 10.6 Å². The monoisotopic (exact) mass is 231 g/mol. The summed E-state index contributed by atoms with van der Waals surface area (Å²) in [7, 11) is 2.10. The van der Waals surface area contributed by atoms with Crippen molar-refractivity contribution in [1.29, 1.82) is 5.26 Å². The third kappa shape index (κ3) is 2.54. The molecule has 1 aliphatic rings. The maximum Gasteiger partial charge on any atom is 0.142 e. The lowest BCUT2D eigenvalue weighted by atomic mass is 10.1. The third-order valence-electron chi connectivity index (χ3n) is 3.10. The maximum atomic E-state index is 8.86. The van der Waals surface area contributed by atoms with Crippen LogP contribution in [0, 0.1) is 11.3 Å². The number of nitrogens with two attached hydrogens (primary N) is 1. The Hall–Kier alpha value is -1.64. The van der Waals surface area contributed by atoms with Crippen LogP contribution in [0.2, 0.25) is 0 Å². The molecule has 0 bridgehead atoms. The van der Waals surface area contributed by atoms with E-state index in [-0.39, 0.29) is 6.04 Å². The van der Waals surface area contributed by atoms with Crippen molar-refractivity contribution in [3.63, 3.8) is 0 Å². The van der Waals surface area contributed by atoms with Gasteiger partial charge in [-0.1, -0.05) is 6.07 Å². The molecule has 1 fully saturated rings. The molecule has 5 nitrogen and oxygen atoms in total. The number of anilines is 1. The average molecular weight is 231 g/mol. The largest absolute Gasteiger partial charge is 0.350 e. The van der Waals surface area contributed by atoms with E-state index in [1.807, 2.05) is 12.1 Å². The Labute approximate surface area is 101 Å². The number of rotatable bonds is 2. The molecule has 0 spiro atoms. The number of pyridine rings is 1. The van der Waals surface area contributed by atoms with Crippen molar-refractivity contribution < 1.29 is 0 Å². The molecule has 2 N–H and O–H groups in total. The summed E-state index contributed by atoms with van der Waals surface area (Å²) in [5.41, 5.74) is 6.26. The fourth-order valence-corrected chi connectivity index (χ4v) is 2.16. The zero-order valence-corrected chi connectivity index (χ0v) is 10.0. The summed E-state index contributed by atoms with van der Waals surface area (Å²) in [6, 6.07) is 7.87. The van der Waals surface area contributed by atoms with E-state index in [2.05, 4.69) is 27.9 Å². The van der Waals surface area contributed by atoms with Gasteiger partial charge in [0, 0.05) is 26.2 Å². The van der Waals surface area contributed by atoms with Crippen molar-refractivity contribution in [1.82, 2.24) is 9.88 Å². The first-order valence-electron chi connectivity index (χ1n) is 5.77. The van der Waals surface area contributed by atoms with Gasteiger partial charge in [0.15, 0.2) is 0 Å². The Balaban J connectivity index is 2.22. The molecule has 90 valence electrons. The maximum absolute atomic E-state index is 8.86. The molecule has 0 aliphatic carbocycles. The molecule has 1 aromatic rings. The lowest BCUT2D eigenvalue weighted by Gasteiger charge is -2.40. The minimum atomic E-state index is 0.273. The molecule has 1 aromatic heterocycles. The highest BCUT2D eigenvalue weighted by atomic mass is 15.3. The Kier molecular flexibility index (Phi) is 3.57. The van der Waals surface area contributed by atoms with Crippen LogP contribution in [-0.4, -0.2) is 49.2 Å². The van der Waals surface area contributed by atoms with Crippen molar-refractivity contribution in [3.8, 4) is 6.07 Å². The summed E-state index contributed by atoms with van der Waals surface area (Å²) in [4.78, 5) is 8.79. The molecule has 17 heavy (non-hydrogen) atoms. The predicted molar refractivity (Wildman–Crippen MR) is 66.6 cm³/mol. The molecule has 5 heteroatoms. The second-order valence-corrected chi connectivity index (χ2v) is 4.34. The van der Waals surface area contributed by atoms with E-state index < -0.39 is 0 Å². The Morgan fingerprint density at radius 3 is 3.06 bits per heavy atom. The van der Waals surface area contributed by atoms with Gasteiger partial charge < -0.3 is 15.5 Å². The zero-order valence-electron chi connectivity index (χ0n) is 10.0. The molecule has 1 atom stereocenters. The highest BCUT2D eigenvalue weighted by Crippen LogP contribution is 2.17. The number of hydrogen-bond donors (Lipinski definition) is 1. The zero-order chi connectivity index (χ0) is 12.3. The molecule has 0 aromatic carbocycles. The summed E-state index contributed by atoms with van der Waals surface area (Å²) in [6.45, 7) is 3.44. The first-order chi connectivity index (χ1) is 8.24. The number of piperazine rings is 1. The molecule has 1 saturated heterocycles. The van der Waals surface area contributed by atoms with E-state index in [1.165, 1.54) is 0 Å². The molecule has 2 heterocycles. The van der Waals surface area contributed by atoms with Crippen LogP contribution >= 0.6 is 0 Å². The standard InChI is InChI=1S/C12H17N5/c1-16-5-6-17(11(8-14)9-16)12-4-2-3-10(7-13)15-12/h2-4,11H,5-6,8-9,14H2,1H3.